The van der Waals surface area contributed by atoms with E-state index in [2.05, 4.69) is 61.6 Å². The van der Waals surface area contributed by atoms with Crippen molar-refractivity contribution in [3.8, 4) is 0 Å². The van der Waals surface area contributed by atoms with E-state index < -0.39 is 0 Å². The number of para-hydroxylation sites is 1. The lowest BCUT2D eigenvalue weighted by Crippen LogP contribution is -2.06. The van der Waals surface area contributed by atoms with Crippen LogP contribution < -0.4 is 5.32 Å². The number of anilines is 1. The predicted octanol–water partition coefficient (Wildman–Crippen LogP) is 4.10. The van der Waals surface area contributed by atoms with E-state index in [1.807, 2.05) is 0 Å². The lowest BCUT2D eigenvalue weighted by atomic mass is 10.0. The zero-order valence-corrected chi connectivity index (χ0v) is 12.6. The first kappa shape index (κ1) is 14.6. The Hall–Kier alpha value is -1.80. The van der Waals surface area contributed by atoms with Crippen LogP contribution in [0.3, 0.4) is 0 Å². The highest BCUT2D eigenvalue weighted by Crippen LogP contribution is 2.19. The number of rotatable bonds is 6. The molecule has 0 bridgehead atoms. The molecular formula is C18H23NO. The summed E-state index contributed by atoms with van der Waals surface area (Å²) in [5, 5.41) is 3.56. The van der Waals surface area contributed by atoms with Gasteiger partial charge in [0.25, 0.3) is 0 Å². The van der Waals surface area contributed by atoms with E-state index >= 15 is 0 Å². The number of nitrogens with one attached hydrogen (secondary N) is 1. The van der Waals surface area contributed by atoms with Gasteiger partial charge in [-0.15, -0.1) is 0 Å². The summed E-state index contributed by atoms with van der Waals surface area (Å²) < 4.78 is 5.17. The van der Waals surface area contributed by atoms with E-state index in [-0.39, 0.29) is 0 Å². The van der Waals surface area contributed by atoms with Gasteiger partial charge in [0, 0.05) is 19.3 Å². The highest BCUT2D eigenvalue weighted by molar-refractivity contribution is 5.52. The summed E-state index contributed by atoms with van der Waals surface area (Å²) in [6.45, 7) is 5.95. The number of hydrogen-bond acceptors (Lipinski definition) is 2. The average molecular weight is 269 g/mol. The SMILES string of the molecule is COCCc1ccccc1NCc1c(C)cccc1C. The van der Waals surface area contributed by atoms with Gasteiger partial charge in [0.15, 0.2) is 0 Å². The molecule has 0 fully saturated rings. The fraction of sp³-hybridized carbons (Fsp3) is 0.333. The second-order valence-corrected chi connectivity index (χ2v) is 5.12. The molecule has 0 aromatic heterocycles. The quantitative estimate of drug-likeness (QED) is 0.852. The molecule has 0 aliphatic carbocycles. The molecule has 0 aliphatic heterocycles. The van der Waals surface area contributed by atoms with Crippen molar-refractivity contribution < 1.29 is 4.74 Å². The van der Waals surface area contributed by atoms with Gasteiger partial charge in [-0.2, -0.15) is 0 Å². The molecule has 1 N–H and O–H groups in total. The first-order valence-corrected chi connectivity index (χ1v) is 7.08. The van der Waals surface area contributed by atoms with Crippen LogP contribution in [0.5, 0.6) is 0 Å². The molecule has 2 rings (SSSR count). The monoisotopic (exact) mass is 269 g/mol. The van der Waals surface area contributed by atoms with Crippen molar-refractivity contribution >= 4 is 5.69 Å². The molecule has 2 aromatic rings. The molecule has 0 unspecified atom stereocenters. The first-order chi connectivity index (χ1) is 9.72. The molecule has 0 radical (unpaired) electrons. The number of ether oxygens (including phenoxy) is 1. The molecule has 0 amide bonds. The summed E-state index contributed by atoms with van der Waals surface area (Å²) in [6, 6.07) is 14.9. The zero-order chi connectivity index (χ0) is 14.4. The standard InChI is InChI=1S/C18H23NO/c1-14-7-6-8-15(2)17(14)13-19-18-10-5-4-9-16(18)11-12-20-3/h4-10,19H,11-13H2,1-3H3. The molecule has 0 aliphatic rings. The Labute approximate surface area is 121 Å². The van der Waals surface area contributed by atoms with Gasteiger partial charge in [0.2, 0.25) is 0 Å². The van der Waals surface area contributed by atoms with E-state index in [1.54, 1.807) is 7.11 Å². The minimum Gasteiger partial charge on any atom is -0.384 e. The Kier molecular flexibility index (Phi) is 5.19. The number of hydrogen-bond donors (Lipinski definition) is 1. The van der Waals surface area contributed by atoms with Gasteiger partial charge in [-0.1, -0.05) is 36.4 Å². The minimum atomic E-state index is 0.752. The van der Waals surface area contributed by atoms with E-state index in [4.69, 9.17) is 4.74 Å². The Bertz CT molecular complexity index is 543. The lowest BCUT2D eigenvalue weighted by Gasteiger charge is -2.15. The second kappa shape index (κ2) is 7.11. The van der Waals surface area contributed by atoms with Gasteiger partial charge < -0.3 is 10.1 Å². The van der Waals surface area contributed by atoms with Crippen LogP contribution in [-0.2, 0) is 17.7 Å². The maximum Gasteiger partial charge on any atom is 0.0503 e. The van der Waals surface area contributed by atoms with Crippen LogP contribution in [-0.4, -0.2) is 13.7 Å². The highest BCUT2D eigenvalue weighted by atomic mass is 16.5. The summed E-state index contributed by atoms with van der Waals surface area (Å²) in [5.74, 6) is 0. The fourth-order valence-corrected chi connectivity index (χ4v) is 2.43. The molecule has 2 aromatic carbocycles. The van der Waals surface area contributed by atoms with Crippen LogP contribution in [0.2, 0.25) is 0 Å². The Morgan fingerprint density at radius 1 is 0.950 bits per heavy atom. The molecule has 2 heteroatoms. The van der Waals surface area contributed by atoms with E-state index in [0.29, 0.717) is 0 Å². The summed E-state index contributed by atoms with van der Waals surface area (Å²) >= 11 is 0. The van der Waals surface area contributed by atoms with Crippen LogP contribution in [0.15, 0.2) is 42.5 Å². The van der Waals surface area contributed by atoms with Crippen molar-refractivity contribution in [2.45, 2.75) is 26.8 Å². The Morgan fingerprint density at radius 2 is 1.65 bits per heavy atom. The molecular weight excluding hydrogens is 246 g/mol. The van der Waals surface area contributed by atoms with Gasteiger partial charge in [0.05, 0.1) is 6.61 Å². The minimum absolute atomic E-state index is 0.752. The van der Waals surface area contributed by atoms with Crippen molar-refractivity contribution in [1.82, 2.24) is 0 Å². The fourth-order valence-electron chi connectivity index (χ4n) is 2.43. The smallest absolute Gasteiger partial charge is 0.0503 e. The molecule has 0 saturated carbocycles. The van der Waals surface area contributed by atoms with E-state index in [0.717, 1.165) is 19.6 Å². The van der Waals surface area contributed by atoms with Gasteiger partial charge in [-0.25, -0.2) is 0 Å². The molecule has 106 valence electrons. The molecule has 0 atom stereocenters. The van der Waals surface area contributed by atoms with Crippen molar-refractivity contribution in [3.63, 3.8) is 0 Å². The van der Waals surface area contributed by atoms with Crippen LogP contribution >= 0.6 is 0 Å². The van der Waals surface area contributed by atoms with E-state index in [9.17, 15) is 0 Å². The Balaban J connectivity index is 2.11. The van der Waals surface area contributed by atoms with Crippen LogP contribution in [0.1, 0.15) is 22.3 Å². The molecule has 2 nitrogen and oxygen atoms in total. The van der Waals surface area contributed by atoms with Crippen LogP contribution in [0.4, 0.5) is 5.69 Å². The van der Waals surface area contributed by atoms with Crippen molar-refractivity contribution in [2.75, 3.05) is 19.0 Å². The maximum atomic E-state index is 5.17. The van der Waals surface area contributed by atoms with Gasteiger partial charge >= 0.3 is 0 Å². The predicted molar refractivity (Wildman–Crippen MR) is 85.3 cm³/mol. The molecule has 0 saturated heterocycles. The van der Waals surface area contributed by atoms with Crippen LogP contribution in [0.25, 0.3) is 0 Å². The number of aryl methyl sites for hydroxylation is 2. The summed E-state index contributed by atoms with van der Waals surface area (Å²) in [7, 11) is 1.74. The third kappa shape index (κ3) is 3.61. The second-order valence-electron chi connectivity index (χ2n) is 5.12. The van der Waals surface area contributed by atoms with Crippen LogP contribution in [0, 0.1) is 13.8 Å². The van der Waals surface area contributed by atoms with E-state index in [1.165, 1.54) is 27.9 Å². The topological polar surface area (TPSA) is 21.3 Å². The largest absolute Gasteiger partial charge is 0.384 e. The summed E-state index contributed by atoms with van der Waals surface area (Å²) in [4.78, 5) is 0. The van der Waals surface area contributed by atoms with Gasteiger partial charge in [-0.3, -0.25) is 0 Å². The lowest BCUT2D eigenvalue weighted by molar-refractivity contribution is 0.202. The number of benzene rings is 2. The normalized spacial score (nSPS) is 10.6. The number of methoxy groups -OCH3 is 1. The molecule has 20 heavy (non-hydrogen) atoms. The van der Waals surface area contributed by atoms with Gasteiger partial charge in [-0.05, 0) is 48.6 Å². The molecule has 0 heterocycles. The first-order valence-electron chi connectivity index (χ1n) is 7.08. The van der Waals surface area contributed by atoms with Crippen molar-refractivity contribution in [2.24, 2.45) is 0 Å². The Morgan fingerprint density at radius 3 is 2.35 bits per heavy atom. The van der Waals surface area contributed by atoms with Crippen molar-refractivity contribution in [1.29, 1.82) is 0 Å². The maximum absolute atomic E-state index is 5.17. The van der Waals surface area contributed by atoms with Crippen molar-refractivity contribution in [3.05, 3.63) is 64.7 Å². The summed E-state index contributed by atoms with van der Waals surface area (Å²) in [6.07, 6.45) is 0.937. The summed E-state index contributed by atoms with van der Waals surface area (Å²) in [5.41, 5.74) is 6.57. The molecule has 0 spiro atoms. The zero-order valence-electron chi connectivity index (χ0n) is 12.6. The third-order valence-corrected chi connectivity index (χ3v) is 3.69. The average Bonchev–Trinajstić information content (AvgIpc) is 2.45. The van der Waals surface area contributed by atoms with Gasteiger partial charge in [0.1, 0.15) is 0 Å². The highest BCUT2D eigenvalue weighted by Gasteiger charge is 2.04. The third-order valence-electron chi connectivity index (χ3n) is 3.69.